The topological polar surface area (TPSA) is 87.4 Å². The smallest absolute Gasteiger partial charge is 0.346 e. The molecule has 0 radical (unpaired) electrons. The summed E-state index contributed by atoms with van der Waals surface area (Å²) >= 11 is 0. The van der Waals surface area contributed by atoms with Crippen LogP contribution in [-0.4, -0.2) is 39.6 Å². The van der Waals surface area contributed by atoms with Crippen LogP contribution in [0.1, 0.15) is 44.3 Å². The van der Waals surface area contributed by atoms with Crippen LogP contribution in [0.25, 0.3) is 0 Å². The summed E-state index contributed by atoms with van der Waals surface area (Å²) in [6.07, 6.45) is 7.21. The van der Waals surface area contributed by atoms with Crippen LogP contribution in [0.15, 0.2) is 29.1 Å². The summed E-state index contributed by atoms with van der Waals surface area (Å²) < 4.78 is 14.6. The van der Waals surface area contributed by atoms with E-state index < -0.39 is 0 Å². The van der Waals surface area contributed by atoms with Crippen molar-refractivity contribution in [2.45, 2.75) is 64.1 Å². The van der Waals surface area contributed by atoms with Gasteiger partial charge in [-0.25, -0.2) is 9.48 Å². The summed E-state index contributed by atoms with van der Waals surface area (Å²) in [7, 11) is 0. The highest BCUT2D eigenvalue weighted by atomic mass is 16.5. The van der Waals surface area contributed by atoms with Crippen molar-refractivity contribution in [1.82, 2.24) is 14.3 Å². The van der Waals surface area contributed by atoms with Crippen molar-refractivity contribution in [3.8, 4) is 5.75 Å². The van der Waals surface area contributed by atoms with E-state index in [4.69, 9.17) is 9.47 Å². The Morgan fingerprint density at radius 1 is 1.21 bits per heavy atom. The van der Waals surface area contributed by atoms with Crippen LogP contribution < -0.4 is 15.7 Å². The van der Waals surface area contributed by atoms with Crippen molar-refractivity contribution in [3.63, 3.8) is 0 Å². The molecule has 2 aromatic rings. The third-order valence-electron chi connectivity index (χ3n) is 5.43. The largest absolute Gasteiger partial charge is 0.489 e. The van der Waals surface area contributed by atoms with Gasteiger partial charge in [-0.1, -0.05) is 18.6 Å². The molecule has 29 heavy (non-hydrogen) atoms. The minimum Gasteiger partial charge on any atom is -0.489 e. The van der Waals surface area contributed by atoms with E-state index in [1.54, 1.807) is 10.6 Å². The van der Waals surface area contributed by atoms with E-state index in [1.807, 2.05) is 18.2 Å². The minimum atomic E-state index is -0.301. The van der Waals surface area contributed by atoms with Crippen LogP contribution >= 0.6 is 0 Å². The number of ether oxygens (including phenoxy) is 2. The van der Waals surface area contributed by atoms with Gasteiger partial charge in [0.15, 0.2) is 0 Å². The number of hydrogen-bond acceptors (Lipinski definition) is 5. The van der Waals surface area contributed by atoms with E-state index >= 15 is 0 Å². The molecule has 4 rings (SSSR count). The SMILES string of the molecule is O=C(Cn1nc2n(c1=O)CCCCC2)Nc1ccccc1OCC1CCCCO1. The number of aromatic nitrogens is 3. The maximum Gasteiger partial charge on any atom is 0.346 e. The Balaban J connectivity index is 1.39. The number of amides is 1. The lowest BCUT2D eigenvalue weighted by Gasteiger charge is -2.23. The van der Waals surface area contributed by atoms with Gasteiger partial charge in [0.25, 0.3) is 0 Å². The number of aryl methyl sites for hydroxylation is 1. The van der Waals surface area contributed by atoms with Crippen molar-refractivity contribution in [2.75, 3.05) is 18.5 Å². The first-order valence-corrected chi connectivity index (χ1v) is 10.5. The Kier molecular flexibility index (Phi) is 6.29. The van der Waals surface area contributed by atoms with Crippen molar-refractivity contribution in [1.29, 1.82) is 0 Å². The van der Waals surface area contributed by atoms with Gasteiger partial charge in [-0.3, -0.25) is 9.36 Å². The molecule has 0 bridgehead atoms. The average molecular weight is 400 g/mol. The molecule has 0 aliphatic carbocycles. The first kappa shape index (κ1) is 19.7. The van der Waals surface area contributed by atoms with Gasteiger partial charge in [-0.15, -0.1) is 0 Å². The second-order valence-electron chi connectivity index (χ2n) is 7.66. The highest BCUT2D eigenvalue weighted by Gasteiger charge is 2.19. The number of benzene rings is 1. The molecule has 1 aromatic heterocycles. The Bertz CT molecular complexity index is 898. The van der Waals surface area contributed by atoms with Gasteiger partial charge in [0.1, 0.15) is 24.7 Å². The predicted octanol–water partition coefficient (Wildman–Crippen LogP) is 2.36. The van der Waals surface area contributed by atoms with Gasteiger partial charge in [0, 0.05) is 19.6 Å². The summed E-state index contributed by atoms with van der Waals surface area (Å²) in [6, 6.07) is 7.32. The molecule has 1 saturated heterocycles. The fraction of sp³-hybridized carbons (Fsp3) is 0.571. The summed E-state index contributed by atoms with van der Waals surface area (Å²) in [5.74, 6) is 1.07. The molecule has 1 amide bonds. The second kappa shape index (κ2) is 9.26. The van der Waals surface area contributed by atoms with Crippen LogP contribution in [-0.2, 0) is 29.0 Å². The van der Waals surface area contributed by atoms with E-state index in [1.165, 1.54) is 4.68 Å². The molecule has 0 saturated carbocycles. The third-order valence-corrected chi connectivity index (χ3v) is 5.43. The van der Waals surface area contributed by atoms with Crippen LogP contribution in [0, 0.1) is 0 Å². The lowest BCUT2D eigenvalue weighted by atomic mass is 10.1. The Morgan fingerprint density at radius 2 is 2.10 bits per heavy atom. The van der Waals surface area contributed by atoms with Gasteiger partial charge in [-0.05, 0) is 44.2 Å². The highest BCUT2D eigenvalue weighted by molar-refractivity contribution is 5.92. The summed E-state index contributed by atoms with van der Waals surface area (Å²) in [5.41, 5.74) is 0.373. The van der Waals surface area contributed by atoms with E-state index in [9.17, 15) is 9.59 Å². The molecule has 8 heteroatoms. The zero-order valence-corrected chi connectivity index (χ0v) is 16.6. The van der Waals surface area contributed by atoms with Gasteiger partial charge in [0.2, 0.25) is 5.91 Å². The molecular formula is C21H28N4O4. The standard InChI is InChI=1S/C21H28N4O4/c26-20(14-25-21(27)24-12-6-1-2-11-19(24)23-25)22-17-9-3-4-10-18(17)29-15-16-8-5-7-13-28-16/h3-4,9-10,16H,1-2,5-8,11-15H2,(H,22,26). The number of hydrogen-bond donors (Lipinski definition) is 1. The molecule has 1 atom stereocenters. The maximum absolute atomic E-state index is 12.6. The van der Waals surface area contributed by atoms with Crippen LogP contribution in [0.3, 0.4) is 0 Å². The first-order valence-electron chi connectivity index (χ1n) is 10.5. The van der Waals surface area contributed by atoms with Gasteiger partial charge < -0.3 is 14.8 Å². The molecule has 1 aromatic carbocycles. The molecular weight excluding hydrogens is 372 g/mol. The first-order chi connectivity index (χ1) is 14.2. The lowest BCUT2D eigenvalue weighted by Crippen LogP contribution is -2.30. The van der Waals surface area contributed by atoms with Crippen LogP contribution in [0.4, 0.5) is 5.69 Å². The molecule has 2 aliphatic heterocycles. The zero-order valence-electron chi connectivity index (χ0n) is 16.6. The van der Waals surface area contributed by atoms with Crippen molar-refractivity contribution < 1.29 is 14.3 Å². The zero-order chi connectivity index (χ0) is 20.1. The molecule has 1 unspecified atom stereocenters. The van der Waals surface area contributed by atoms with Crippen molar-refractivity contribution in [2.24, 2.45) is 0 Å². The van der Waals surface area contributed by atoms with E-state index in [-0.39, 0.29) is 24.2 Å². The molecule has 8 nitrogen and oxygen atoms in total. The van der Waals surface area contributed by atoms with Crippen LogP contribution in [0.2, 0.25) is 0 Å². The fourth-order valence-electron chi connectivity index (χ4n) is 3.87. The Hall–Kier alpha value is -2.61. The number of para-hydroxylation sites is 2. The predicted molar refractivity (Wildman–Crippen MR) is 108 cm³/mol. The summed E-state index contributed by atoms with van der Waals surface area (Å²) in [4.78, 5) is 25.1. The van der Waals surface area contributed by atoms with Crippen LogP contribution in [0.5, 0.6) is 5.75 Å². The Morgan fingerprint density at radius 3 is 2.97 bits per heavy atom. The number of nitrogens with one attached hydrogen (secondary N) is 1. The number of anilines is 1. The van der Waals surface area contributed by atoms with Gasteiger partial charge in [0.05, 0.1) is 11.8 Å². The monoisotopic (exact) mass is 400 g/mol. The summed E-state index contributed by atoms with van der Waals surface area (Å²) in [5, 5.41) is 7.22. The average Bonchev–Trinajstić information content (AvgIpc) is 2.90. The number of fused-ring (bicyclic) bond motifs is 1. The van der Waals surface area contributed by atoms with Crippen molar-refractivity contribution in [3.05, 3.63) is 40.6 Å². The highest BCUT2D eigenvalue weighted by Crippen LogP contribution is 2.25. The minimum absolute atomic E-state index is 0.0898. The maximum atomic E-state index is 12.6. The molecule has 2 aliphatic rings. The lowest BCUT2D eigenvalue weighted by molar-refractivity contribution is -0.117. The molecule has 0 spiro atoms. The Labute approximate surface area is 169 Å². The number of rotatable bonds is 6. The second-order valence-corrected chi connectivity index (χ2v) is 7.66. The van der Waals surface area contributed by atoms with E-state index in [0.29, 0.717) is 24.6 Å². The fourth-order valence-corrected chi connectivity index (χ4v) is 3.87. The normalized spacial score (nSPS) is 19.2. The quantitative estimate of drug-likeness (QED) is 0.804. The van der Waals surface area contributed by atoms with E-state index in [2.05, 4.69) is 10.4 Å². The number of nitrogens with zero attached hydrogens (tertiary/aromatic N) is 3. The molecule has 1 N–H and O–H groups in total. The molecule has 156 valence electrons. The van der Waals surface area contributed by atoms with Crippen molar-refractivity contribution >= 4 is 11.6 Å². The van der Waals surface area contributed by atoms with Gasteiger partial charge >= 0.3 is 5.69 Å². The van der Waals surface area contributed by atoms with E-state index in [0.717, 1.165) is 57.4 Å². The van der Waals surface area contributed by atoms with Gasteiger partial charge in [-0.2, -0.15) is 5.10 Å². The third kappa shape index (κ3) is 4.87. The molecule has 3 heterocycles. The molecule has 1 fully saturated rings. The number of carbonyl (C=O) groups is 1. The summed E-state index contributed by atoms with van der Waals surface area (Å²) in [6.45, 7) is 1.80. The number of carbonyl (C=O) groups excluding carboxylic acids is 1.